The number of hydrogen-bond donors (Lipinski definition) is 0. The van der Waals surface area contributed by atoms with Gasteiger partial charge in [0.2, 0.25) is 5.91 Å². The summed E-state index contributed by atoms with van der Waals surface area (Å²) in [6.07, 6.45) is -4.54. The molecule has 1 unspecified atom stereocenters. The Balaban J connectivity index is 1.59. The first-order chi connectivity index (χ1) is 13.1. The molecule has 1 atom stereocenters. The fraction of sp³-hybridized carbons (Fsp3) is 0.474. The van der Waals surface area contributed by atoms with Crippen molar-refractivity contribution in [3.05, 3.63) is 53.1 Å². The highest BCUT2D eigenvalue weighted by atomic mass is 19.4. The maximum absolute atomic E-state index is 13.0. The molecule has 1 saturated heterocycles. The van der Waals surface area contributed by atoms with Gasteiger partial charge < -0.3 is 4.90 Å². The van der Waals surface area contributed by atoms with Gasteiger partial charge in [0.05, 0.1) is 0 Å². The fourth-order valence-electron chi connectivity index (χ4n) is 3.36. The quantitative estimate of drug-likeness (QED) is 0.743. The molecule has 0 radical (unpaired) electrons. The second-order valence-corrected chi connectivity index (χ2v) is 7.02. The molecule has 9 heteroatoms. The average Bonchev–Trinajstić information content (AvgIpc) is 3.05. The van der Waals surface area contributed by atoms with E-state index >= 15 is 0 Å². The number of carbonyl (C=O) groups is 1. The van der Waals surface area contributed by atoms with Gasteiger partial charge in [-0.3, -0.25) is 14.4 Å². The predicted octanol–water partition coefficient (Wildman–Crippen LogP) is 3.25. The van der Waals surface area contributed by atoms with Crippen LogP contribution in [0.5, 0.6) is 0 Å². The van der Waals surface area contributed by atoms with Gasteiger partial charge >= 0.3 is 6.18 Å². The van der Waals surface area contributed by atoms with Crippen LogP contribution >= 0.6 is 0 Å². The largest absolute Gasteiger partial charge is 0.435 e. The third-order valence-electron chi connectivity index (χ3n) is 4.94. The Bertz CT molecular complexity index is 823. The summed E-state index contributed by atoms with van der Waals surface area (Å²) in [5.41, 5.74) is 0.290. The Hall–Kier alpha value is -2.42. The molecule has 0 saturated carbocycles. The van der Waals surface area contributed by atoms with Gasteiger partial charge in [0, 0.05) is 38.4 Å². The number of benzene rings is 1. The number of piperazine rings is 1. The van der Waals surface area contributed by atoms with E-state index in [9.17, 15) is 22.4 Å². The van der Waals surface area contributed by atoms with Gasteiger partial charge in [0.1, 0.15) is 11.9 Å². The summed E-state index contributed by atoms with van der Waals surface area (Å²) >= 11 is 0. The first-order valence-electron chi connectivity index (χ1n) is 9.04. The zero-order valence-electron chi connectivity index (χ0n) is 15.7. The highest BCUT2D eigenvalue weighted by Gasteiger charge is 2.36. The first kappa shape index (κ1) is 20.3. The van der Waals surface area contributed by atoms with E-state index < -0.39 is 17.9 Å². The second kappa shape index (κ2) is 7.90. The number of aryl methyl sites for hydroxylation is 1. The van der Waals surface area contributed by atoms with Crippen molar-refractivity contribution >= 4 is 5.91 Å². The van der Waals surface area contributed by atoms with Crippen molar-refractivity contribution in [2.24, 2.45) is 0 Å². The van der Waals surface area contributed by atoms with Crippen LogP contribution in [0, 0.1) is 12.7 Å². The van der Waals surface area contributed by atoms with Gasteiger partial charge in [-0.05, 0) is 37.6 Å². The Kier molecular flexibility index (Phi) is 5.74. The summed E-state index contributed by atoms with van der Waals surface area (Å²) in [5.74, 6) is -0.530. The molecule has 0 aliphatic carbocycles. The molecule has 2 heterocycles. The van der Waals surface area contributed by atoms with Crippen LogP contribution in [-0.2, 0) is 17.5 Å². The number of nitrogens with zero attached hydrogens (tertiary/aromatic N) is 4. The molecule has 2 aromatic rings. The molecule has 0 N–H and O–H groups in total. The maximum Gasteiger partial charge on any atom is 0.435 e. The Labute approximate surface area is 160 Å². The van der Waals surface area contributed by atoms with E-state index in [1.165, 1.54) is 19.1 Å². The lowest BCUT2D eigenvalue weighted by Gasteiger charge is -2.36. The Morgan fingerprint density at radius 1 is 1.14 bits per heavy atom. The lowest BCUT2D eigenvalue weighted by Crippen LogP contribution is -2.50. The standard InChI is InChI=1S/C19H22F4N4O/c1-13-11-17(19(21,22)23)24-27(13)14(2)18(28)26-9-7-25(8-10-26)12-15-3-5-16(20)6-4-15/h3-6,11,14H,7-10,12H2,1-2H3. The maximum atomic E-state index is 13.0. The fourth-order valence-corrected chi connectivity index (χ4v) is 3.36. The molecular formula is C19H22F4N4O. The van der Waals surface area contributed by atoms with Crippen LogP contribution in [0.4, 0.5) is 17.6 Å². The molecule has 1 aliphatic heterocycles. The number of halogens is 4. The minimum absolute atomic E-state index is 0.249. The van der Waals surface area contributed by atoms with E-state index in [1.807, 2.05) is 0 Å². The minimum Gasteiger partial charge on any atom is -0.338 e. The SMILES string of the molecule is Cc1cc(C(F)(F)F)nn1C(C)C(=O)N1CCN(Cc2ccc(F)cc2)CC1. The van der Waals surface area contributed by atoms with E-state index in [-0.39, 0.29) is 11.7 Å². The summed E-state index contributed by atoms with van der Waals surface area (Å²) < 4.78 is 52.7. The van der Waals surface area contributed by atoms with Gasteiger partial charge in [0.25, 0.3) is 0 Å². The van der Waals surface area contributed by atoms with Crippen LogP contribution in [0.15, 0.2) is 30.3 Å². The molecule has 1 aliphatic rings. The van der Waals surface area contributed by atoms with Gasteiger partial charge in [-0.2, -0.15) is 18.3 Å². The summed E-state index contributed by atoms with van der Waals surface area (Å²) in [6.45, 7) is 5.97. The lowest BCUT2D eigenvalue weighted by molar-refractivity contribution is -0.143. The summed E-state index contributed by atoms with van der Waals surface area (Å²) in [7, 11) is 0. The van der Waals surface area contributed by atoms with Crippen LogP contribution < -0.4 is 0 Å². The average molecular weight is 398 g/mol. The van der Waals surface area contributed by atoms with Crippen molar-refractivity contribution in [3.8, 4) is 0 Å². The molecule has 1 amide bonds. The van der Waals surface area contributed by atoms with E-state index in [0.717, 1.165) is 16.3 Å². The molecule has 152 valence electrons. The Morgan fingerprint density at radius 2 is 1.75 bits per heavy atom. The van der Waals surface area contributed by atoms with Gasteiger partial charge in [-0.1, -0.05) is 12.1 Å². The predicted molar refractivity (Wildman–Crippen MR) is 94.9 cm³/mol. The molecule has 0 bridgehead atoms. The van der Waals surface area contributed by atoms with E-state index in [0.29, 0.717) is 38.4 Å². The van der Waals surface area contributed by atoms with Gasteiger partial charge in [-0.25, -0.2) is 4.39 Å². The highest BCUT2D eigenvalue weighted by molar-refractivity contribution is 5.80. The molecule has 0 spiro atoms. The van der Waals surface area contributed by atoms with Crippen LogP contribution in [0.2, 0.25) is 0 Å². The van der Waals surface area contributed by atoms with Crippen LogP contribution in [0.3, 0.4) is 0 Å². The molecule has 1 fully saturated rings. The molecule has 3 rings (SSSR count). The van der Waals surface area contributed by atoms with Crippen molar-refractivity contribution in [1.82, 2.24) is 19.6 Å². The third-order valence-corrected chi connectivity index (χ3v) is 4.94. The molecule has 1 aromatic carbocycles. The Morgan fingerprint density at radius 3 is 2.29 bits per heavy atom. The van der Waals surface area contributed by atoms with Crippen molar-refractivity contribution in [2.75, 3.05) is 26.2 Å². The van der Waals surface area contributed by atoms with Gasteiger partial charge in [-0.15, -0.1) is 0 Å². The van der Waals surface area contributed by atoms with Crippen LogP contribution in [0.25, 0.3) is 0 Å². The first-order valence-corrected chi connectivity index (χ1v) is 9.04. The summed E-state index contributed by atoms with van der Waals surface area (Å²) in [5, 5.41) is 3.58. The zero-order valence-corrected chi connectivity index (χ0v) is 15.7. The second-order valence-electron chi connectivity index (χ2n) is 7.02. The number of amides is 1. The molecule has 28 heavy (non-hydrogen) atoms. The zero-order chi connectivity index (χ0) is 20.5. The van der Waals surface area contributed by atoms with Crippen molar-refractivity contribution in [3.63, 3.8) is 0 Å². The smallest absolute Gasteiger partial charge is 0.338 e. The number of rotatable bonds is 4. The lowest BCUT2D eigenvalue weighted by atomic mass is 10.2. The third kappa shape index (κ3) is 4.52. The topological polar surface area (TPSA) is 41.4 Å². The number of alkyl halides is 3. The van der Waals surface area contributed by atoms with Crippen LogP contribution in [-0.4, -0.2) is 51.7 Å². The normalized spacial score (nSPS) is 17.0. The molecular weight excluding hydrogens is 376 g/mol. The highest BCUT2D eigenvalue weighted by Crippen LogP contribution is 2.29. The molecule has 5 nitrogen and oxygen atoms in total. The number of hydrogen-bond acceptors (Lipinski definition) is 3. The summed E-state index contributed by atoms with van der Waals surface area (Å²) in [4.78, 5) is 16.5. The monoisotopic (exact) mass is 398 g/mol. The van der Waals surface area contributed by atoms with Crippen LogP contribution in [0.1, 0.15) is 29.9 Å². The van der Waals surface area contributed by atoms with Crippen molar-refractivity contribution in [2.45, 2.75) is 32.6 Å². The number of carbonyl (C=O) groups excluding carboxylic acids is 1. The molecule has 1 aromatic heterocycles. The summed E-state index contributed by atoms with van der Waals surface area (Å²) in [6, 6.07) is 6.43. The van der Waals surface area contributed by atoms with E-state index in [2.05, 4.69) is 10.00 Å². The van der Waals surface area contributed by atoms with E-state index in [4.69, 9.17) is 0 Å². The van der Waals surface area contributed by atoms with Crippen molar-refractivity contribution < 1.29 is 22.4 Å². The van der Waals surface area contributed by atoms with Gasteiger partial charge in [0.15, 0.2) is 5.69 Å². The number of aromatic nitrogens is 2. The van der Waals surface area contributed by atoms with E-state index in [1.54, 1.807) is 24.0 Å². The van der Waals surface area contributed by atoms with Crippen molar-refractivity contribution in [1.29, 1.82) is 0 Å². The minimum atomic E-state index is -4.54.